The van der Waals surface area contributed by atoms with Gasteiger partial charge in [-0.25, -0.2) is 4.99 Å². The number of benzene rings is 1. The van der Waals surface area contributed by atoms with Gasteiger partial charge in [-0.1, -0.05) is 18.2 Å². The van der Waals surface area contributed by atoms with Crippen molar-refractivity contribution >= 4 is 23.2 Å². The molecule has 1 aliphatic heterocycles. The first-order valence-corrected chi connectivity index (χ1v) is 5.32. The maximum Gasteiger partial charge on any atom is 0.228 e. The molecule has 1 aromatic carbocycles. The lowest BCUT2D eigenvalue weighted by Crippen LogP contribution is -2.06. The SMILES string of the molecule is CN(C)/C=C1/N=C(c2ccccc2)OC1=S. The Kier molecular flexibility index (Phi) is 3.01. The monoisotopic (exact) mass is 232 g/mol. The zero-order valence-electron chi connectivity index (χ0n) is 9.18. The van der Waals surface area contributed by atoms with Crippen molar-refractivity contribution in [1.29, 1.82) is 0 Å². The van der Waals surface area contributed by atoms with E-state index in [1.165, 1.54) is 0 Å². The lowest BCUT2D eigenvalue weighted by Gasteiger charge is -2.03. The first kappa shape index (κ1) is 10.8. The molecule has 0 fully saturated rings. The van der Waals surface area contributed by atoms with E-state index in [1.807, 2.05) is 55.5 Å². The topological polar surface area (TPSA) is 24.8 Å². The van der Waals surface area contributed by atoms with Crippen LogP contribution in [0.3, 0.4) is 0 Å². The molecule has 1 aliphatic rings. The Morgan fingerprint density at radius 3 is 2.56 bits per heavy atom. The fourth-order valence-electron chi connectivity index (χ4n) is 1.35. The number of hydrogen-bond acceptors (Lipinski definition) is 4. The van der Waals surface area contributed by atoms with Gasteiger partial charge in [0.2, 0.25) is 10.9 Å². The van der Waals surface area contributed by atoms with Crippen LogP contribution in [-0.2, 0) is 4.74 Å². The van der Waals surface area contributed by atoms with Gasteiger partial charge in [0.1, 0.15) is 5.70 Å². The summed E-state index contributed by atoms with van der Waals surface area (Å²) in [6.45, 7) is 0. The van der Waals surface area contributed by atoms with E-state index in [0.717, 1.165) is 5.56 Å². The molecule has 0 N–H and O–H groups in total. The van der Waals surface area contributed by atoms with Crippen LogP contribution < -0.4 is 0 Å². The summed E-state index contributed by atoms with van der Waals surface area (Å²) in [5.41, 5.74) is 1.63. The largest absolute Gasteiger partial charge is 0.424 e. The van der Waals surface area contributed by atoms with Crippen molar-refractivity contribution in [1.82, 2.24) is 4.90 Å². The molecular weight excluding hydrogens is 220 g/mol. The van der Waals surface area contributed by atoms with Crippen LogP contribution in [0.5, 0.6) is 0 Å². The van der Waals surface area contributed by atoms with Gasteiger partial charge in [0.05, 0.1) is 0 Å². The highest BCUT2D eigenvalue weighted by molar-refractivity contribution is 7.80. The first-order valence-electron chi connectivity index (χ1n) is 4.91. The quantitative estimate of drug-likeness (QED) is 0.577. The van der Waals surface area contributed by atoms with Gasteiger partial charge in [-0.05, 0) is 24.4 Å². The number of ether oxygens (including phenoxy) is 1. The first-order chi connectivity index (χ1) is 7.66. The summed E-state index contributed by atoms with van der Waals surface area (Å²) in [5.74, 6) is 0.568. The van der Waals surface area contributed by atoms with E-state index in [1.54, 1.807) is 0 Å². The number of rotatable bonds is 2. The third kappa shape index (κ3) is 2.28. The van der Waals surface area contributed by atoms with Crippen LogP contribution in [-0.4, -0.2) is 29.9 Å². The summed E-state index contributed by atoms with van der Waals surface area (Å²) < 4.78 is 5.45. The molecule has 0 saturated heterocycles. The number of aliphatic imine (C=N–C) groups is 1. The smallest absolute Gasteiger partial charge is 0.228 e. The van der Waals surface area contributed by atoms with Crippen molar-refractivity contribution < 1.29 is 4.74 Å². The number of nitrogens with zero attached hydrogens (tertiary/aromatic N) is 2. The standard InChI is InChI=1S/C12H12N2OS/c1-14(2)8-10-12(16)15-11(13-10)9-6-4-3-5-7-9/h3-8H,1-2H3/b10-8+. The third-order valence-electron chi connectivity index (χ3n) is 2.02. The molecule has 0 spiro atoms. The maximum absolute atomic E-state index is 5.45. The Balaban J connectivity index is 2.30. The Morgan fingerprint density at radius 1 is 1.25 bits per heavy atom. The highest BCUT2D eigenvalue weighted by Gasteiger charge is 2.20. The normalized spacial score (nSPS) is 17.2. The molecule has 0 atom stereocenters. The van der Waals surface area contributed by atoms with Gasteiger partial charge in [0, 0.05) is 25.9 Å². The molecule has 4 heteroatoms. The van der Waals surface area contributed by atoms with Gasteiger partial charge >= 0.3 is 0 Å². The number of hydrogen-bond donors (Lipinski definition) is 0. The summed E-state index contributed by atoms with van der Waals surface area (Å²) in [6.07, 6.45) is 1.85. The Hall–Kier alpha value is -1.68. The van der Waals surface area contributed by atoms with E-state index < -0.39 is 0 Å². The van der Waals surface area contributed by atoms with Crippen molar-refractivity contribution in [3.63, 3.8) is 0 Å². The van der Waals surface area contributed by atoms with Gasteiger partial charge in [-0.2, -0.15) is 0 Å². The van der Waals surface area contributed by atoms with E-state index in [4.69, 9.17) is 17.0 Å². The summed E-state index contributed by atoms with van der Waals surface area (Å²) >= 11 is 5.10. The Morgan fingerprint density at radius 2 is 1.94 bits per heavy atom. The fraction of sp³-hybridized carbons (Fsp3) is 0.167. The molecule has 2 rings (SSSR count). The van der Waals surface area contributed by atoms with Crippen LogP contribution in [0.4, 0.5) is 0 Å². The van der Waals surface area contributed by atoms with Crippen LogP contribution in [0, 0.1) is 0 Å². The molecule has 0 aliphatic carbocycles. The van der Waals surface area contributed by atoms with Gasteiger partial charge in [-0.3, -0.25) is 0 Å². The van der Waals surface area contributed by atoms with E-state index in [-0.39, 0.29) is 0 Å². The minimum absolute atomic E-state index is 0.424. The maximum atomic E-state index is 5.45. The van der Waals surface area contributed by atoms with E-state index in [2.05, 4.69) is 4.99 Å². The molecule has 1 aromatic rings. The number of thiocarbonyl (C=S) groups is 1. The zero-order valence-corrected chi connectivity index (χ0v) is 9.99. The average molecular weight is 232 g/mol. The van der Waals surface area contributed by atoms with E-state index in [0.29, 0.717) is 16.6 Å². The Labute approximate surface area is 100 Å². The fourth-order valence-corrected chi connectivity index (χ4v) is 1.53. The molecule has 1 heterocycles. The predicted octanol–water partition coefficient (Wildman–Crippen LogP) is 2.19. The summed E-state index contributed by atoms with van der Waals surface area (Å²) in [4.78, 5) is 6.24. The van der Waals surface area contributed by atoms with Gasteiger partial charge in [0.25, 0.3) is 0 Å². The molecule has 0 aromatic heterocycles. The van der Waals surface area contributed by atoms with E-state index >= 15 is 0 Å². The lowest BCUT2D eigenvalue weighted by molar-refractivity contribution is 0.555. The van der Waals surface area contributed by atoms with Crippen molar-refractivity contribution in [2.45, 2.75) is 0 Å². The minimum atomic E-state index is 0.424. The highest BCUT2D eigenvalue weighted by atomic mass is 32.1. The van der Waals surface area contributed by atoms with Crippen molar-refractivity contribution in [2.24, 2.45) is 4.99 Å². The van der Waals surface area contributed by atoms with Crippen molar-refractivity contribution in [3.8, 4) is 0 Å². The molecule has 0 radical (unpaired) electrons. The van der Waals surface area contributed by atoms with E-state index in [9.17, 15) is 0 Å². The Bertz CT molecular complexity index is 463. The zero-order chi connectivity index (χ0) is 11.5. The van der Waals surface area contributed by atoms with Gasteiger partial charge in [-0.15, -0.1) is 0 Å². The molecule has 0 amide bonds. The van der Waals surface area contributed by atoms with Crippen LogP contribution in [0.25, 0.3) is 0 Å². The van der Waals surface area contributed by atoms with Gasteiger partial charge < -0.3 is 9.64 Å². The van der Waals surface area contributed by atoms with Gasteiger partial charge in [0.15, 0.2) is 0 Å². The second kappa shape index (κ2) is 4.45. The summed E-state index contributed by atoms with van der Waals surface area (Å²) in [5, 5.41) is 0.424. The van der Waals surface area contributed by atoms with Crippen molar-refractivity contribution in [3.05, 3.63) is 47.8 Å². The van der Waals surface area contributed by atoms with Crippen LogP contribution in [0.2, 0.25) is 0 Å². The minimum Gasteiger partial charge on any atom is -0.424 e. The molecule has 0 unspecified atom stereocenters. The molecule has 3 nitrogen and oxygen atoms in total. The van der Waals surface area contributed by atoms with Crippen LogP contribution >= 0.6 is 12.2 Å². The molecule has 0 bridgehead atoms. The highest BCUT2D eigenvalue weighted by Crippen LogP contribution is 2.17. The van der Waals surface area contributed by atoms with Crippen molar-refractivity contribution in [2.75, 3.05) is 14.1 Å². The molecule has 16 heavy (non-hydrogen) atoms. The van der Waals surface area contributed by atoms with Crippen LogP contribution in [0.15, 0.2) is 47.2 Å². The second-order valence-electron chi connectivity index (χ2n) is 3.65. The molecular formula is C12H12N2OS. The third-order valence-corrected chi connectivity index (χ3v) is 2.31. The molecule has 0 saturated carbocycles. The lowest BCUT2D eigenvalue weighted by atomic mass is 10.2. The summed E-state index contributed by atoms with van der Waals surface area (Å²) in [7, 11) is 3.84. The predicted molar refractivity (Wildman–Crippen MR) is 68.4 cm³/mol. The summed E-state index contributed by atoms with van der Waals surface area (Å²) in [6, 6.07) is 9.73. The average Bonchev–Trinajstić information content (AvgIpc) is 2.61. The second-order valence-corrected chi connectivity index (χ2v) is 4.02. The van der Waals surface area contributed by atoms with Crippen LogP contribution in [0.1, 0.15) is 5.56 Å². The molecule has 82 valence electrons.